The van der Waals surface area contributed by atoms with E-state index in [-0.39, 0.29) is 18.4 Å². The van der Waals surface area contributed by atoms with Crippen LogP contribution in [-0.4, -0.2) is 36.3 Å². The second kappa shape index (κ2) is 6.76. The molecule has 0 spiro atoms. The first kappa shape index (κ1) is 14.2. The number of nitrogens with one attached hydrogen (secondary N) is 1. The highest BCUT2D eigenvalue weighted by molar-refractivity contribution is 5.86. The molecular weight excluding hydrogens is 230 g/mol. The van der Waals surface area contributed by atoms with Crippen molar-refractivity contribution in [3.63, 3.8) is 0 Å². The summed E-state index contributed by atoms with van der Waals surface area (Å²) in [6.45, 7) is 2.07. The van der Waals surface area contributed by atoms with Gasteiger partial charge in [0.1, 0.15) is 0 Å². The van der Waals surface area contributed by atoms with Crippen LogP contribution in [0.25, 0.3) is 0 Å². The van der Waals surface area contributed by atoms with Crippen molar-refractivity contribution in [3.8, 4) is 0 Å². The summed E-state index contributed by atoms with van der Waals surface area (Å²) in [4.78, 5) is 24.5. The van der Waals surface area contributed by atoms with Crippen molar-refractivity contribution in [3.05, 3.63) is 35.9 Å². The molecule has 0 saturated carbocycles. The molecule has 1 aromatic carbocycles. The topological polar surface area (TPSA) is 75.4 Å². The molecule has 0 unspecified atom stereocenters. The average molecular weight is 249 g/mol. The van der Waals surface area contributed by atoms with Crippen LogP contribution < -0.4 is 11.1 Å². The van der Waals surface area contributed by atoms with Crippen LogP contribution >= 0.6 is 0 Å². The molecule has 0 radical (unpaired) electrons. The van der Waals surface area contributed by atoms with E-state index in [0.29, 0.717) is 6.54 Å². The lowest BCUT2D eigenvalue weighted by molar-refractivity contribution is -0.132. The van der Waals surface area contributed by atoms with Gasteiger partial charge >= 0.3 is 0 Å². The Morgan fingerprint density at radius 1 is 1.33 bits per heavy atom. The van der Waals surface area contributed by atoms with E-state index >= 15 is 0 Å². The maximum Gasteiger partial charge on any atom is 0.242 e. The molecule has 18 heavy (non-hydrogen) atoms. The SMILES string of the molecule is C[C@H](N)C(=O)NCC(=O)N(C)Cc1ccccc1. The molecule has 0 aliphatic rings. The molecule has 0 fully saturated rings. The fourth-order valence-corrected chi connectivity index (χ4v) is 1.40. The van der Waals surface area contributed by atoms with Crippen molar-refractivity contribution in [2.24, 2.45) is 5.73 Å². The monoisotopic (exact) mass is 249 g/mol. The maximum atomic E-state index is 11.7. The van der Waals surface area contributed by atoms with Crippen molar-refractivity contribution >= 4 is 11.8 Å². The largest absolute Gasteiger partial charge is 0.346 e. The second-order valence-electron chi connectivity index (χ2n) is 4.24. The summed E-state index contributed by atoms with van der Waals surface area (Å²) < 4.78 is 0. The van der Waals surface area contributed by atoms with Crippen LogP contribution in [0, 0.1) is 0 Å². The predicted molar refractivity (Wildman–Crippen MR) is 69.6 cm³/mol. The van der Waals surface area contributed by atoms with Crippen molar-refractivity contribution in [2.75, 3.05) is 13.6 Å². The zero-order chi connectivity index (χ0) is 13.5. The number of amides is 2. The van der Waals surface area contributed by atoms with Crippen LogP contribution in [0.5, 0.6) is 0 Å². The van der Waals surface area contributed by atoms with Crippen molar-refractivity contribution in [2.45, 2.75) is 19.5 Å². The summed E-state index contributed by atoms with van der Waals surface area (Å²) in [5.41, 5.74) is 6.43. The smallest absolute Gasteiger partial charge is 0.242 e. The molecule has 1 atom stereocenters. The molecule has 0 heterocycles. The minimum absolute atomic E-state index is 0.0241. The van der Waals surface area contributed by atoms with Crippen LogP contribution in [0.2, 0.25) is 0 Å². The number of nitrogens with two attached hydrogens (primary N) is 1. The Morgan fingerprint density at radius 3 is 2.50 bits per heavy atom. The number of carbonyl (C=O) groups excluding carboxylic acids is 2. The van der Waals surface area contributed by atoms with Gasteiger partial charge in [-0.15, -0.1) is 0 Å². The molecular formula is C13H19N3O2. The summed E-state index contributed by atoms with van der Waals surface area (Å²) in [7, 11) is 1.70. The molecule has 0 bridgehead atoms. The van der Waals surface area contributed by atoms with Gasteiger partial charge in [0.25, 0.3) is 0 Å². The predicted octanol–water partition coefficient (Wildman–Crippen LogP) is 0.108. The number of rotatable bonds is 5. The summed E-state index contributed by atoms with van der Waals surface area (Å²) in [5.74, 6) is -0.468. The fraction of sp³-hybridized carbons (Fsp3) is 0.385. The minimum atomic E-state index is -0.600. The van der Waals surface area contributed by atoms with Gasteiger partial charge in [-0.1, -0.05) is 30.3 Å². The quantitative estimate of drug-likeness (QED) is 0.777. The van der Waals surface area contributed by atoms with Crippen LogP contribution in [0.15, 0.2) is 30.3 Å². The van der Waals surface area contributed by atoms with E-state index in [1.807, 2.05) is 30.3 Å². The first-order valence-corrected chi connectivity index (χ1v) is 5.82. The molecule has 0 aliphatic carbocycles. The van der Waals surface area contributed by atoms with Crippen molar-refractivity contribution in [1.82, 2.24) is 10.2 Å². The third kappa shape index (κ3) is 4.55. The number of nitrogens with zero attached hydrogens (tertiary/aromatic N) is 1. The zero-order valence-corrected chi connectivity index (χ0v) is 10.7. The lowest BCUT2D eigenvalue weighted by atomic mass is 10.2. The van der Waals surface area contributed by atoms with Gasteiger partial charge < -0.3 is 16.0 Å². The Hall–Kier alpha value is -1.88. The first-order chi connectivity index (χ1) is 8.50. The lowest BCUT2D eigenvalue weighted by Gasteiger charge is -2.18. The highest BCUT2D eigenvalue weighted by Gasteiger charge is 2.12. The number of likely N-dealkylation sites (N-methyl/N-ethyl adjacent to an activating group) is 1. The Kier molecular flexibility index (Phi) is 5.32. The maximum absolute atomic E-state index is 11.7. The number of benzene rings is 1. The van der Waals surface area contributed by atoms with Gasteiger partial charge in [0.15, 0.2) is 0 Å². The van der Waals surface area contributed by atoms with Gasteiger partial charge in [-0.25, -0.2) is 0 Å². The fourth-order valence-electron chi connectivity index (χ4n) is 1.40. The summed E-state index contributed by atoms with van der Waals surface area (Å²) >= 11 is 0. The van der Waals surface area contributed by atoms with E-state index in [0.717, 1.165) is 5.56 Å². The van der Waals surface area contributed by atoms with E-state index < -0.39 is 6.04 Å². The molecule has 3 N–H and O–H groups in total. The second-order valence-corrected chi connectivity index (χ2v) is 4.24. The molecule has 5 nitrogen and oxygen atoms in total. The summed E-state index contributed by atoms with van der Waals surface area (Å²) in [5, 5.41) is 2.49. The van der Waals surface area contributed by atoms with Crippen LogP contribution in [0.4, 0.5) is 0 Å². The van der Waals surface area contributed by atoms with E-state index in [2.05, 4.69) is 5.32 Å². The molecule has 1 rings (SSSR count). The standard InChI is InChI=1S/C13H19N3O2/c1-10(14)13(18)15-8-12(17)16(2)9-11-6-4-3-5-7-11/h3-7,10H,8-9,14H2,1-2H3,(H,15,18)/t10-/m0/s1. The Bertz CT molecular complexity index is 404. The van der Waals surface area contributed by atoms with E-state index in [4.69, 9.17) is 5.73 Å². The van der Waals surface area contributed by atoms with Gasteiger partial charge in [-0.05, 0) is 12.5 Å². The van der Waals surface area contributed by atoms with E-state index in [1.54, 1.807) is 18.9 Å². The molecule has 0 aromatic heterocycles. The van der Waals surface area contributed by atoms with Gasteiger partial charge in [0.2, 0.25) is 11.8 Å². The highest BCUT2D eigenvalue weighted by Crippen LogP contribution is 2.02. The van der Waals surface area contributed by atoms with E-state index in [1.165, 1.54) is 0 Å². The van der Waals surface area contributed by atoms with Gasteiger partial charge in [0, 0.05) is 13.6 Å². The molecule has 98 valence electrons. The Balaban J connectivity index is 2.40. The number of hydrogen-bond acceptors (Lipinski definition) is 3. The Morgan fingerprint density at radius 2 is 1.94 bits per heavy atom. The van der Waals surface area contributed by atoms with Crippen LogP contribution in [0.3, 0.4) is 0 Å². The normalized spacial score (nSPS) is 11.7. The molecule has 0 aliphatic heterocycles. The average Bonchev–Trinajstić information content (AvgIpc) is 2.36. The van der Waals surface area contributed by atoms with Crippen molar-refractivity contribution in [1.29, 1.82) is 0 Å². The van der Waals surface area contributed by atoms with Crippen LogP contribution in [0.1, 0.15) is 12.5 Å². The first-order valence-electron chi connectivity index (χ1n) is 5.82. The molecule has 0 saturated heterocycles. The summed E-state index contributed by atoms with van der Waals surface area (Å²) in [6, 6.07) is 9.07. The van der Waals surface area contributed by atoms with E-state index in [9.17, 15) is 9.59 Å². The minimum Gasteiger partial charge on any atom is -0.346 e. The van der Waals surface area contributed by atoms with Crippen molar-refractivity contribution < 1.29 is 9.59 Å². The zero-order valence-electron chi connectivity index (χ0n) is 10.7. The molecule has 1 aromatic rings. The molecule has 5 heteroatoms. The third-order valence-corrected chi connectivity index (χ3v) is 2.52. The van der Waals surface area contributed by atoms with Gasteiger partial charge in [-0.3, -0.25) is 9.59 Å². The summed E-state index contributed by atoms with van der Waals surface area (Å²) in [6.07, 6.45) is 0. The van der Waals surface area contributed by atoms with Gasteiger partial charge in [0.05, 0.1) is 12.6 Å². The number of carbonyl (C=O) groups is 2. The highest BCUT2D eigenvalue weighted by atomic mass is 16.2. The Labute approximate surface area is 107 Å². The molecule has 2 amide bonds. The lowest BCUT2D eigenvalue weighted by Crippen LogP contribution is -2.43. The van der Waals surface area contributed by atoms with Gasteiger partial charge in [-0.2, -0.15) is 0 Å². The van der Waals surface area contributed by atoms with Crippen LogP contribution in [-0.2, 0) is 16.1 Å². The number of hydrogen-bond donors (Lipinski definition) is 2. The third-order valence-electron chi connectivity index (χ3n) is 2.52.